The molecule has 16 heavy (non-hydrogen) atoms. The predicted molar refractivity (Wildman–Crippen MR) is 61.2 cm³/mol. The summed E-state index contributed by atoms with van der Waals surface area (Å²) in [6.45, 7) is 1.12. The molecule has 0 aromatic rings. The Balaban J connectivity index is 1.97. The first kappa shape index (κ1) is 11.7. The fourth-order valence-corrected chi connectivity index (χ4v) is 2.77. The molecular weight excluding hydrogens is 204 g/mol. The summed E-state index contributed by atoms with van der Waals surface area (Å²) >= 11 is 0. The molecule has 0 amide bonds. The van der Waals surface area contributed by atoms with Gasteiger partial charge in [-0.3, -0.25) is 0 Å². The first-order chi connectivity index (χ1) is 7.84. The van der Waals surface area contributed by atoms with Crippen molar-refractivity contribution < 1.29 is 14.3 Å². The SMILES string of the molecule is O=C1OCC2CCCCC[C@H](CCC2)CO1. The highest BCUT2D eigenvalue weighted by Gasteiger charge is 2.20. The molecule has 1 unspecified atom stereocenters. The van der Waals surface area contributed by atoms with Crippen molar-refractivity contribution in [3.63, 3.8) is 0 Å². The van der Waals surface area contributed by atoms with Gasteiger partial charge in [-0.15, -0.1) is 0 Å². The van der Waals surface area contributed by atoms with Gasteiger partial charge < -0.3 is 9.47 Å². The summed E-state index contributed by atoms with van der Waals surface area (Å²) in [5.74, 6) is 1.12. The minimum atomic E-state index is -0.461. The Hall–Kier alpha value is -0.730. The van der Waals surface area contributed by atoms with E-state index in [4.69, 9.17) is 9.47 Å². The van der Waals surface area contributed by atoms with Crippen LogP contribution >= 0.6 is 0 Å². The third-order valence-corrected chi connectivity index (χ3v) is 3.82. The molecule has 2 aliphatic rings. The molecule has 0 aromatic carbocycles. The Morgan fingerprint density at radius 3 is 1.81 bits per heavy atom. The lowest BCUT2D eigenvalue weighted by Crippen LogP contribution is -2.22. The van der Waals surface area contributed by atoms with Crippen LogP contribution < -0.4 is 0 Å². The summed E-state index contributed by atoms with van der Waals surface area (Å²) in [6.07, 6.45) is 9.53. The Morgan fingerprint density at radius 1 is 0.750 bits per heavy atom. The Labute approximate surface area is 97.5 Å². The summed E-state index contributed by atoms with van der Waals surface area (Å²) in [6, 6.07) is 0. The van der Waals surface area contributed by atoms with Crippen molar-refractivity contribution in [3.8, 4) is 0 Å². The summed E-state index contributed by atoms with van der Waals surface area (Å²) in [5, 5.41) is 0. The predicted octanol–water partition coefficient (Wildman–Crippen LogP) is 3.52. The van der Waals surface area contributed by atoms with Crippen molar-refractivity contribution in [2.75, 3.05) is 13.2 Å². The van der Waals surface area contributed by atoms with Gasteiger partial charge in [0.1, 0.15) is 0 Å². The zero-order chi connectivity index (χ0) is 11.2. The van der Waals surface area contributed by atoms with Gasteiger partial charge in [-0.25, -0.2) is 4.79 Å². The lowest BCUT2D eigenvalue weighted by atomic mass is 9.88. The van der Waals surface area contributed by atoms with Crippen LogP contribution in [0.5, 0.6) is 0 Å². The molecule has 3 nitrogen and oxygen atoms in total. The van der Waals surface area contributed by atoms with Crippen molar-refractivity contribution in [2.45, 2.75) is 51.4 Å². The van der Waals surface area contributed by atoms with Crippen LogP contribution in [0.3, 0.4) is 0 Å². The largest absolute Gasteiger partial charge is 0.508 e. The second-order valence-corrected chi connectivity index (χ2v) is 5.17. The van der Waals surface area contributed by atoms with E-state index in [9.17, 15) is 4.79 Å². The van der Waals surface area contributed by atoms with E-state index in [1.807, 2.05) is 0 Å². The van der Waals surface area contributed by atoms with E-state index < -0.39 is 6.16 Å². The molecule has 2 atom stereocenters. The summed E-state index contributed by atoms with van der Waals surface area (Å²) in [5.41, 5.74) is 0. The molecule has 1 aliphatic carbocycles. The number of rotatable bonds is 0. The van der Waals surface area contributed by atoms with E-state index in [1.165, 1.54) is 51.4 Å². The fourth-order valence-electron chi connectivity index (χ4n) is 2.77. The molecule has 0 N–H and O–H groups in total. The fraction of sp³-hybridized carbons (Fsp3) is 0.923. The van der Waals surface area contributed by atoms with E-state index in [0.29, 0.717) is 25.0 Å². The Kier molecular flexibility index (Phi) is 4.49. The molecule has 1 saturated carbocycles. The quantitative estimate of drug-likeness (QED) is 0.593. The van der Waals surface area contributed by atoms with E-state index in [-0.39, 0.29) is 0 Å². The number of ether oxygens (including phenoxy) is 2. The highest BCUT2D eigenvalue weighted by atomic mass is 16.7. The minimum Gasteiger partial charge on any atom is -0.434 e. The Morgan fingerprint density at radius 2 is 1.25 bits per heavy atom. The third kappa shape index (κ3) is 3.69. The van der Waals surface area contributed by atoms with Crippen LogP contribution in [0.2, 0.25) is 0 Å². The topological polar surface area (TPSA) is 35.5 Å². The van der Waals surface area contributed by atoms with Crippen LogP contribution in [-0.2, 0) is 9.47 Å². The smallest absolute Gasteiger partial charge is 0.434 e. The van der Waals surface area contributed by atoms with Crippen molar-refractivity contribution in [1.82, 2.24) is 0 Å². The molecule has 0 radical (unpaired) electrons. The number of carbonyl (C=O) groups excluding carboxylic acids is 1. The maximum atomic E-state index is 11.3. The van der Waals surface area contributed by atoms with Crippen molar-refractivity contribution >= 4 is 6.16 Å². The van der Waals surface area contributed by atoms with Crippen LogP contribution in [0.15, 0.2) is 0 Å². The monoisotopic (exact) mass is 226 g/mol. The maximum absolute atomic E-state index is 11.3. The molecule has 3 heteroatoms. The molecule has 1 heterocycles. The van der Waals surface area contributed by atoms with Crippen LogP contribution in [-0.4, -0.2) is 19.4 Å². The maximum Gasteiger partial charge on any atom is 0.508 e. The van der Waals surface area contributed by atoms with Gasteiger partial charge in [-0.05, 0) is 37.5 Å². The number of carbonyl (C=O) groups is 1. The summed E-state index contributed by atoms with van der Waals surface area (Å²) < 4.78 is 10.3. The van der Waals surface area contributed by atoms with Gasteiger partial charge in [0.2, 0.25) is 0 Å². The molecule has 2 rings (SSSR count). The lowest BCUT2D eigenvalue weighted by molar-refractivity contribution is 0.0226. The van der Waals surface area contributed by atoms with Gasteiger partial charge in [0.15, 0.2) is 0 Å². The van der Waals surface area contributed by atoms with Gasteiger partial charge in [-0.2, -0.15) is 0 Å². The Bertz CT molecular complexity index is 207. The van der Waals surface area contributed by atoms with E-state index in [0.717, 1.165) is 0 Å². The average Bonchev–Trinajstić information content (AvgIpc) is 2.30. The zero-order valence-corrected chi connectivity index (χ0v) is 9.95. The molecule has 0 aromatic heterocycles. The lowest BCUT2D eigenvalue weighted by Gasteiger charge is -2.24. The molecule has 1 aliphatic heterocycles. The van der Waals surface area contributed by atoms with Crippen molar-refractivity contribution in [3.05, 3.63) is 0 Å². The van der Waals surface area contributed by atoms with Crippen LogP contribution in [0.25, 0.3) is 0 Å². The normalized spacial score (nSPS) is 32.9. The van der Waals surface area contributed by atoms with Gasteiger partial charge in [0, 0.05) is 0 Å². The number of hydrogen-bond donors (Lipinski definition) is 0. The second-order valence-electron chi connectivity index (χ2n) is 5.17. The van der Waals surface area contributed by atoms with Crippen LogP contribution in [0, 0.1) is 11.8 Å². The van der Waals surface area contributed by atoms with E-state index in [1.54, 1.807) is 0 Å². The first-order valence-electron chi connectivity index (χ1n) is 6.64. The van der Waals surface area contributed by atoms with Crippen LogP contribution in [0.1, 0.15) is 51.4 Å². The van der Waals surface area contributed by atoms with Crippen molar-refractivity contribution in [1.29, 1.82) is 0 Å². The number of hydrogen-bond acceptors (Lipinski definition) is 3. The first-order valence-corrected chi connectivity index (χ1v) is 6.64. The molecule has 1 saturated heterocycles. The molecule has 92 valence electrons. The summed E-state index contributed by atoms with van der Waals surface area (Å²) in [4.78, 5) is 11.3. The van der Waals surface area contributed by atoms with Gasteiger partial charge in [-0.1, -0.05) is 25.7 Å². The molecule has 2 fully saturated rings. The molecule has 0 spiro atoms. The highest BCUT2D eigenvalue weighted by molar-refractivity contribution is 5.59. The summed E-state index contributed by atoms with van der Waals surface area (Å²) in [7, 11) is 0. The molecule has 2 bridgehead atoms. The highest BCUT2D eigenvalue weighted by Crippen LogP contribution is 2.26. The van der Waals surface area contributed by atoms with Gasteiger partial charge in [0.25, 0.3) is 0 Å². The average molecular weight is 226 g/mol. The van der Waals surface area contributed by atoms with E-state index >= 15 is 0 Å². The third-order valence-electron chi connectivity index (χ3n) is 3.82. The van der Waals surface area contributed by atoms with Crippen molar-refractivity contribution in [2.24, 2.45) is 11.8 Å². The van der Waals surface area contributed by atoms with Gasteiger partial charge in [0.05, 0.1) is 13.2 Å². The molecular formula is C13H22O3. The minimum absolute atomic E-state index is 0.461. The second kappa shape index (κ2) is 6.12. The van der Waals surface area contributed by atoms with Gasteiger partial charge >= 0.3 is 6.16 Å². The van der Waals surface area contributed by atoms with Crippen LogP contribution in [0.4, 0.5) is 4.79 Å². The number of fused-ring (bicyclic) bond motifs is 4. The van der Waals surface area contributed by atoms with E-state index in [2.05, 4.69) is 0 Å². The zero-order valence-electron chi connectivity index (χ0n) is 9.95. The number of cyclic esters (lactones) is 2. The standard InChI is InChI=1S/C13H22O3/c14-13-15-9-11-5-2-1-3-6-12(10-16-13)8-4-7-11/h11-12H,1-10H2/t11-,12?/m1/s1.